The van der Waals surface area contributed by atoms with E-state index in [1.807, 2.05) is 11.9 Å². The lowest BCUT2D eigenvalue weighted by molar-refractivity contribution is -0.132. The van der Waals surface area contributed by atoms with E-state index in [0.717, 1.165) is 37.9 Å². The Morgan fingerprint density at radius 3 is 2.74 bits per heavy atom. The predicted octanol–water partition coefficient (Wildman–Crippen LogP) is 0.141. The maximum atomic E-state index is 12.4. The zero-order valence-corrected chi connectivity index (χ0v) is 15.9. The molecule has 2 fully saturated rings. The van der Waals surface area contributed by atoms with Crippen molar-refractivity contribution >= 4 is 11.8 Å². The van der Waals surface area contributed by atoms with Crippen LogP contribution in [-0.2, 0) is 20.7 Å². The third-order valence-corrected chi connectivity index (χ3v) is 5.44. The number of hydrogen-bond donors (Lipinski definition) is 2. The molecular weight excluding hydrogens is 346 g/mol. The van der Waals surface area contributed by atoms with Gasteiger partial charge in [-0.2, -0.15) is 0 Å². The first kappa shape index (κ1) is 19.7. The molecule has 0 unspecified atom stereocenters. The maximum absolute atomic E-state index is 12.4. The fraction of sp³-hybridized carbons (Fsp3) is 0.684. The van der Waals surface area contributed by atoms with Gasteiger partial charge in [0, 0.05) is 50.1 Å². The van der Waals surface area contributed by atoms with Crippen molar-refractivity contribution in [1.82, 2.24) is 25.5 Å². The van der Waals surface area contributed by atoms with E-state index in [9.17, 15) is 9.59 Å². The number of aromatic nitrogens is 2. The Labute approximate surface area is 160 Å². The third-order valence-electron chi connectivity index (χ3n) is 5.44. The molecule has 0 spiro atoms. The molecule has 0 aromatic carbocycles. The number of carbonyl (C=O) groups excluding carboxylic acids is 2. The molecule has 0 radical (unpaired) electrons. The lowest BCUT2D eigenvalue weighted by Crippen LogP contribution is -2.54. The van der Waals surface area contributed by atoms with Crippen LogP contribution < -0.4 is 10.6 Å². The third kappa shape index (κ3) is 5.71. The van der Waals surface area contributed by atoms with E-state index in [0.29, 0.717) is 26.2 Å². The van der Waals surface area contributed by atoms with E-state index >= 15 is 0 Å². The van der Waals surface area contributed by atoms with Gasteiger partial charge in [0.15, 0.2) is 0 Å². The summed E-state index contributed by atoms with van der Waals surface area (Å²) in [5, 5.41) is 6.13. The number of ether oxygens (including phenoxy) is 1. The molecule has 2 amide bonds. The molecule has 8 heteroatoms. The quantitative estimate of drug-likeness (QED) is 0.734. The van der Waals surface area contributed by atoms with Crippen LogP contribution in [0.4, 0.5) is 0 Å². The summed E-state index contributed by atoms with van der Waals surface area (Å²) in [5.74, 6) is 0.166. The zero-order valence-electron chi connectivity index (χ0n) is 15.9. The van der Waals surface area contributed by atoms with Crippen molar-refractivity contribution in [2.75, 3.05) is 33.4 Å². The number of amides is 2. The number of morpholine rings is 1. The number of rotatable bonds is 6. The van der Waals surface area contributed by atoms with Crippen LogP contribution in [0.25, 0.3) is 0 Å². The van der Waals surface area contributed by atoms with Gasteiger partial charge in [-0.1, -0.05) is 0 Å². The normalized spacial score (nSPS) is 26.3. The molecule has 0 bridgehead atoms. The van der Waals surface area contributed by atoms with Crippen LogP contribution in [0.2, 0.25) is 0 Å². The molecule has 148 valence electrons. The van der Waals surface area contributed by atoms with Gasteiger partial charge in [0.1, 0.15) is 6.04 Å². The first-order valence-corrected chi connectivity index (χ1v) is 9.74. The van der Waals surface area contributed by atoms with Crippen molar-refractivity contribution < 1.29 is 14.3 Å². The van der Waals surface area contributed by atoms with Gasteiger partial charge >= 0.3 is 0 Å². The smallest absolute Gasteiger partial charge is 0.239 e. The van der Waals surface area contributed by atoms with Gasteiger partial charge in [0.2, 0.25) is 11.8 Å². The van der Waals surface area contributed by atoms with E-state index in [1.165, 1.54) is 0 Å². The van der Waals surface area contributed by atoms with E-state index in [2.05, 4.69) is 20.6 Å². The van der Waals surface area contributed by atoms with Crippen LogP contribution in [0.15, 0.2) is 18.6 Å². The Morgan fingerprint density at radius 1 is 1.22 bits per heavy atom. The highest BCUT2D eigenvalue weighted by Crippen LogP contribution is 2.24. The summed E-state index contributed by atoms with van der Waals surface area (Å²) in [6.07, 6.45) is 8.98. The molecule has 8 nitrogen and oxygen atoms in total. The van der Waals surface area contributed by atoms with Gasteiger partial charge in [0.25, 0.3) is 0 Å². The molecule has 27 heavy (non-hydrogen) atoms. The monoisotopic (exact) mass is 375 g/mol. The van der Waals surface area contributed by atoms with Crippen LogP contribution in [0.3, 0.4) is 0 Å². The van der Waals surface area contributed by atoms with E-state index in [4.69, 9.17) is 4.74 Å². The Bertz CT molecular complexity index is 619. The Hall–Kier alpha value is -2.06. The van der Waals surface area contributed by atoms with Crippen LogP contribution >= 0.6 is 0 Å². The molecule has 1 saturated heterocycles. The van der Waals surface area contributed by atoms with Crippen LogP contribution in [-0.4, -0.2) is 72.1 Å². The van der Waals surface area contributed by atoms with E-state index in [1.54, 1.807) is 18.6 Å². The zero-order chi connectivity index (χ0) is 19.1. The SMILES string of the molecule is CN1CCOC[C@H]1C(=O)NC1CCC(C(=O)NCCc2cnccn2)CC1. The predicted molar refractivity (Wildman–Crippen MR) is 99.9 cm³/mol. The summed E-state index contributed by atoms with van der Waals surface area (Å²) in [4.78, 5) is 35.1. The summed E-state index contributed by atoms with van der Waals surface area (Å²) in [7, 11) is 1.95. The van der Waals surface area contributed by atoms with Gasteiger partial charge in [-0.15, -0.1) is 0 Å². The average Bonchev–Trinajstić information content (AvgIpc) is 2.69. The van der Waals surface area contributed by atoms with E-state index < -0.39 is 0 Å². The molecule has 1 aromatic rings. The number of nitrogens with zero attached hydrogens (tertiary/aromatic N) is 3. The molecule has 1 aliphatic heterocycles. The summed E-state index contributed by atoms with van der Waals surface area (Å²) in [6, 6.07) is -0.0580. The number of likely N-dealkylation sites (N-methyl/N-ethyl adjacent to an activating group) is 1. The largest absolute Gasteiger partial charge is 0.378 e. The topological polar surface area (TPSA) is 96.5 Å². The molecule has 1 aliphatic carbocycles. The second-order valence-corrected chi connectivity index (χ2v) is 7.37. The summed E-state index contributed by atoms with van der Waals surface area (Å²) < 4.78 is 5.42. The second-order valence-electron chi connectivity index (χ2n) is 7.37. The van der Waals surface area contributed by atoms with Crippen molar-refractivity contribution in [3.63, 3.8) is 0 Å². The molecule has 1 saturated carbocycles. The summed E-state index contributed by atoms with van der Waals surface area (Å²) in [5.41, 5.74) is 0.876. The molecule has 3 rings (SSSR count). The summed E-state index contributed by atoms with van der Waals surface area (Å²) >= 11 is 0. The van der Waals surface area contributed by atoms with Crippen molar-refractivity contribution in [3.05, 3.63) is 24.3 Å². The molecule has 2 N–H and O–H groups in total. The second kappa shape index (κ2) is 9.75. The van der Waals surface area contributed by atoms with Gasteiger partial charge < -0.3 is 15.4 Å². The highest BCUT2D eigenvalue weighted by Gasteiger charge is 2.31. The molecule has 1 aromatic heterocycles. The van der Waals surface area contributed by atoms with Gasteiger partial charge in [-0.25, -0.2) is 0 Å². The molecular formula is C19H29N5O3. The lowest BCUT2D eigenvalue weighted by Gasteiger charge is -2.34. The number of carbonyl (C=O) groups is 2. The van der Waals surface area contributed by atoms with Gasteiger partial charge in [0.05, 0.1) is 18.9 Å². The van der Waals surface area contributed by atoms with Crippen molar-refractivity contribution in [1.29, 1.82) is 0 Å². The van der Waals surface area contributed by atoms with Crippen LogP contribution in [0, 0.1) is 5.92 Å². The fourth-order valence-electron chi connectivity index (χ4n) is 3.68. The average molecular weight is 375 g/mol. The Balaban J connectivity index is 1.35. The van der Waals surface area contributed by atoms with E-state index in [-0.39, 0.29) is 29.8 Å². The fourth-order valence-corrected chi connectivity index (χ4v) is 3.68. The van der Waals surface area contributed by atoms with Crippen LogP contribution in [0.1, 0.15) is 31.4 Å². The van der Waals surface area contributed by atoms with Crippen molar-refractivity contribution in [2.24, 2.45) is 5.92 Å². The van der Waals surface area contributed by atoms with Gasteiger partial charge in [-0.05, 0) is 32.7 Å². The minimum absolute atomic E-state index is 0.0284. The molecule has 1 atom stereocenters. The van der Waals surface area contributed by atoms with Crippen molar-refractivity contribution in [3.8, 4) is 0 Å². The highest BCUT2D eigenvalue weighted by molar-refractivity contribution is 5.82. The van der Waals surface area contributed by atoms with Gasteiger partial charge in [-0.3, -0.25) is 24.5 Å². The maximum Gasteiger partial charge on any atom is 0.239 e. The van der Waals surface area contributed by atoms with Crippen LogP contribution in [0.5, 0.6) is 0 Å². The lowest BCUT2D eigenvalue weighted by atomic mass is 9.85. The molecule has 2 aliphatic rings. The first-order valence-electron chi connectivity index (χ1n) is 9.74. The number of nitrogens with one attached hydrogen (secondary N) is 2. The Morgan fingerprint density at radius 2 is 2.04 bits per heavy atom. The Kier molecular flexibility index (Phi) is 7.11. The van der Waals surface area contributed by atoms with Crippen molar-refractivity contribution in [2.45, 2.75) is 44.2 Å². The summed E-state index contributed by atoms with van der Waals surface area (Å²) in [6.45, 7) is 2.48. The number of hydrogen-bond acceptors (Lipinski definition) is 6. The minimum Gasteiger partial charge on any atom is -0.378 e. The highest BCUT2D eigenvalue weighted by atomic mass is 16.5. The minimum atomic E-state index is -0.208. The first-order chi connectivity index (χ1) is 13.1. The molecule has 2 heterocycles. The standard InChI is InChI=1S/C19H29N5O3/c1-24-10-11-27-13-17(24)19(26)23-15-4-2-14(3-5-15)18(25)22-7-6-16-12-20-8-9-21-16/h8-9,12,14-15,17H,2-7,10-11,13H2,1H3,(H,22,25)(H,23,26)/t14?,15?,17-/m0/s1.